The van der Waals surface area contributed by atoms with Crippen molar-refractivity contribution in [2.45, 2.75) is 52.4 Å². The second kappa shape index (κ2) is 9.32. The zero-order valence-electron chi connectivity index (χ0n) is 8.92. The minimum atomic E-state index is 0.274. The summed E-state index contributed by atoms with van der Waals surface area (Å²) < 4.78 is 0. The van der Waals surface area contributed by atoms with E-state index in [1.165, 1.54) is 12.8 Å². The van der Waals surface area contributed by atoms with E-state index in [-0.39, 0.29) is 5.92 Å². The SMILES string of the molecule is CCC/C=C\CCC(C#N)CCC. The van der Waals surface area contributed by atoms with Gasteiger partial charge in [0.1, 0.15) is 0 Å². The Balaban J connectivity index is 3.44. The van der Waals surface area contributed by atoms with Gasteiger partial charge in [0.05, 0.1) is 6.07 Å². The molecule has 0 N–H and O–H groups in total. The van der Waals surface area contributed by atoms with Gasteiger partial charge in [0.25, 0.3) is 0 Å². The Morgan fingerprint density at radius 2 is 1.77 bits per heavy atom. The molecule has 0 bridgehead atoms. The summed E-state index contributed by atoms with van der Waals surface area (Å²) in [5.74, 6) is 0.274. The summed E-state index contributed by atoms with van der Waals surface area (Å²) >= 11 is 0. The van der Waals surface area contributed by atoms with Crippen molar-refractivity contribution in [1.82, 2.24) is 0 Å². The molecule has 1 atom stereocenters. The average molecular weight is 179 g/mol. The third-order valence-corrected chi connectivity index (χ3v) is 2.12. The van der Waals surface area contributed by atoms with Crippen LogP contribution in [0.4, 0.5) is 0 Å². The molecule has 0 aromatic heterocycles. The number of unbranched alkanes of at least 4 members (excludes halogenated alkanes) is 1. The fourth-order valence-electron chi connectivity index (χ4n) is 1.32. The molecule has 0 amide bonds. The van der Waals surface area contributed by atoms with Gasteiger partial charge in [0, 0.05) is 5.92 Å². The van der Waals surface area contributed by atoms with Gasteiger partial charge < -0.3 is 0 Å². The fourth-order valence-corrected chi connectivity index (χ4v) is 1.32. The Morgan fingerprint density at radius 1 is 1.08 bits per heavy atom. The minimum Gasteiger partial charge on any atom is -0.198 e. The van der Waals surface area contributed by atoms with Crippen molar-refractivity contribution >= 4 is 0 Å². The molecule has 1 unspecified atom stereocenters. The van der Waals surface area contributed by atoms with Crippen LogP contribution in [0.15, 0.2) is 12.2 Å². The standard InChI is InChI=1S/C12H21N/c1-3-5-6-7-8-10-12(11-13)9-4-2/h6-7,12H,3-5,8-10H2,1-2H3/b7-6-. The highest BCUT2D eigenvalue weighted by Gasteiger charge is 2.03. The second-order valence-corrected chi connectivity index (χ2v) is 3.45. The normalized spacial score (nSPS) is 13.0. The molecule has 1 heteroatoms. The molecule has 1 nitrogen and oxygen atoms in total. The second-order valence-electron chi connectivity index (χ2n) is 3.45. The fraction of sp³-hybridized carbons (Fsp3) is 0.750. The van der Waals surface area contributed by atoms with Crippen molar-refractivity contribution in [2.75, 3.05) is 0 Å². The highest BCUT2D eigenvalue weighted by atomic mass is 14.3. The summed E-state index contributed by atoms with van der Waals surface area (Å²) in [5, 5.41) is 8.79. The molecule has 0 spiro atoms. The van der Waals surface area contributed by atoms with E-state index in [1.807, 2.05) is 0 Å². The summed E-state index contributed by atoms with van der Waals surface area (Å²) in [6.07, 6.45) is 11.1. The van der Waals surface area contributed by atoms with Gasteiger partial charge in [0.2, 0.25) is 0 Å². The Kier molecular flexibility index (Phi) is 8.77. The number of rotatable bonds is 7. The van der Waals surface area contributed by atoms with Crippen LogP contribution in [0.1, 0.15) is 52.4 Å². The van der Waals surface area contributed by atoms with Crippen molar-refractivity contribution in [3.63, 3.8) is 0 Å². The molecule has 74 valence electrons. The van der Waals surface area contributed by atoms with Crippen molar-refractivity contribution in [1.29, 1.82) is 5.26 Å². The lowest BCUT2D eigenvalue weighted by molar-refractivity contribution is 0.553. The van der Waals surface area contributed by atoms with Gasteiger partial charge in [-0.2, -0.15) is 5.26 Å². The first kappa shape index (κ1) is 12.2. The molecule has 13 heavy (non-hydrogen) atoms. The average Bonchev–Trinajstić information content (AvgIpc) is 2.16. The van der Waals surface area contributed by atoms with E-state index in [0.29, 0.717) is 0 Å². The maximum Gasteiger partial charge on any atom is 0.0655 e. The number of hydrogen-bond donors (Lipinski definition) is 0. The van der Waals surface area contributed by atoms with Gasteiger partial charge in [-0.1, -0.05) is 38.8 Å². The molecule has 0 aliphatic heterocycles. The van der Waals surface area contributed by atoms with Gasteiger partial charge in [-0.3, -0.25) is 0 Å². The zero-order valence-corrected chi connectivity index (χ0v) is 8.92. The van der Waals surface area contributed by atoms with Crippen LogP contribution in [0.3, 0.4) is 0 Å². The van der Waals surface area contributed by atoms with E-state index in [2.05, 4.69) is 32.1 Å². The molecule has 0 heterocycles. The number of allylic oxidation sites excluding steroid dienone is 2. The largest absolute Gasteiger partial charge is 0.198 e. The van der Waals surface area contributed by atoms with Crippen LogP contribution in [-0.2, 0) is 0 Å². The van der Waals surface area contributed by atoms with Crippen LogP contribution >= 0.6 is 0 Å². The Hall–Kier alpha value is -0.770. The Labute approximate surface area is 82.5 Å². The summed E-state index contributed by atoms with van der Waals surface area (Å²) in [6.45, 7) is 4.32. The van der Waals surface area contributed by atoms with E-state index >= 15 is 0 Å². The van der Waals surface area contributed by atoms with Crippen molar-refractivity contribution in [3.8, 4) is 6.07 Å². The molecule has 0 aromatic carbocycles. The van der Waals surface area contributed by atoms with E-state index in [9.17, 15) is 0 Å². The molecule has 0 radical (unpaired) electrons. The quantitative estimate of drug-likeness (QED) is 0.540. The van der Waals surface area contributed by atoms with Crippen molar-refractivity contribution in [3.05, 3.63) is 12.2 Å². The topological polar surface area (TPSA) is 23.8 Å². The summed E-state index contributed by atoms with van der Waals surface area (Å²) in [7, 11) is 0. The first-order valence-corrected chi connectivity index (χ1v) is 5.39. The van der Waals surface area contributed by atoms with Crippen molar-refractivity contribution in [2.24, 2.45) is 5.92 Å². The molecule has 0 saturated heterocycles. The van der Waals surface area contributed by atoms with Gasteiger partial charge in [-0.25, -0.2) is 0 Å². The van der Waals surface area contributed by atoms with Crippen LogP contribution in [0.5, 0.6) is 0 Å². The molecule has 0 aliphatic carbocycles. The highest BCUT2D eigenvalue weighted by Crippen LogP contribution is 2.12. The van der Waals surface area contributed by atoms with Gasteiger partial charge in [0.15, 0.2) is 0 Å². The molecule has 0 aromatic rings. The maximum absolute atomic E-state index is 8.79. The Morgan fingerprint density at radius 3 is 2.31 bits per heavy atom. The number of nitrogens with zero attached hydrogens (tertiary/aromatic N) is 1. The lowest BCUT2D eigenvalue weighted by atomic mass is 9.99. The van der Waals surface area contributed by atoms with Gasteiger partial charge in [-0.15, -0.1) is 0 Å². The maximum atomic E-state index is 8.79. The molecule has 0 fully saturated rings. The molecule has 0 rings (SSSR count). The summed E-state index contributed by atoms with van der Waals surface area (Å²) in [6, 6.07) is 2.36. The van der Waals surface area contributed by atoms with Gasteiger partial charge in [-0.05, 0) is 25.7 Å². The van der Waals surface area contributed by atoms with E-state index in [4.69, 9.17) is 5.26 Å². The van der Waals surface area contributed by atoms with Crippen LogP contribution in [0.2, 0.25) is 0 Å². The highest BCUT2D eigenvalue weighted by molar-refractivity contribution is 4.87. The van der Waals surface area contributed by atoms with Crippen LogP contribution < -0.4 is 0 Å². The first-order valence-electron chi connectivity index (χ1n) is 5.39. The van der Waals surface area contributed by atoms with Crippen LogP contribution in [0, 0.1) is 17.2 Å². The third-order valence-electron chi connectivity index (χ3n) is 2.12. The molecular weight excluding hydrogens is 158 g/mol. The predicted molar refractivity (Wildman–Crippen MR) is 57.3 cm³/mol. The predicted octanol–water partition coefficient (Wildman–Crippen LogP) is 4.06. The monoisotopic (exact) mass is 179 g/mol. The van der Waals surface area contributed by atoms with E-state index < -0.39 is 0 Å². The first-order chi connectivity index (χ1) is 6.35. The number of nitriles is 1. The molecule has 0 saturated carbocycles. The van der Waals surface area contributed by atoms with E-state index in [0.717, 1.165) is 25.7 Å². The van der Waals surface area contributed by atoms with Crippen LogP contribution in [-0.4, -0.2) is 0 Å². The minimum absolute atomic E-state index is 0.274. The molecule has 0 aliphatic rings. The number of hydrogen-bond acceptors (Lipinski definition) is 1. The summed E-state index contributed by atoms with van der Waals surface area (Å²) in [4.78, 5) is 0. The van der Waals surface area contributed by atoms with Crippen LogP contribution in [0.25, 0.3) is 0 Å². The van der Waals surface area contributed by atoms with Crippen molar-refractivity contribution < 1.29 is 0 Å². The molecular formula is C12H21N. The smallest absolute Gasteiger partial charge is 0.0655 e. The van der Waals surface area contributed by atoms with Gasteiger partial charge >= 0.3 is 0 Å². The lowest BCUT2D eigenvalue weighted by Gasteiger charge is -2.03. The summed E-state index contributed by atoms with van der Waals surface area (Å²) in [5.41, 5.74) is 0. The Bertz CT molecular complexity index is 164. The lowest BCUT2D eigenvalue weighted by Crippen LogP contribution is -1.94. The van der Waals surface area contributed by atoms with E-state index in [1.54, 1.807) is 0 Å². The third kappa shape index (κ3) is 7.59. The zero-order chi connectivity index (χ0) is 9.94.